The van der Waals surface area contributed by atoms with Crippen molar-refractivity contribution in [2.45, 2.75) is 6.92 Å². The second-order valence-electron chi connectivity index (χ2n) is 5.42. The molecule has 1 N–H and O–H groups in total. The number of nitrogens with one attached hydrogen (secondary N) is 1. The third-order valence-corrected chi connectivity index (χ3v) is 5.81. The van der Waals surface area contributed by atoms with Crippen LogP contribution in [0.2, 0.25) is 5.02 Å². The SMILES string of the molecule is CCS(=O)(=O)CCNC(=O)N1CCN(c2cccc(Cl)c2)CC1. The summed E-state index contributed by atoms with van der Waals surface area (Å²) in [5, 5.41) is 3.37. The van der Waals surface area contributed by atoms with Crippen LogP contribution < -0.4 is 10.2 Å². The van der Waals surface area contributed by atoms with Crippen molar-refractivity contribution in [1.82, 2.24) is 10.2 Å². The summed E-state index contributed by atoms with van der Waals surface area (Å²) >= 11 is 6.00. The predicted octanol–water partition coefficient (Wildman–Crippen LogP) is 1.61. The number of benzene rings is 1. The lowest BCUT2D eigenvalue weighted by molar-refractivity contribution is 0.195. The average Bonchev–Trinajstić information content (AvgIpc) is 2.55. The van der Waals surface area contributed by atoms with E-state index >= 15 is 0 Å². The molecule has 6 nitrogen and oxygen atoms in total. The van der Waals surface area contributed by atoms with Crippen LogP contribution in [-0.4, -0.2) is 63.6 Å². The van der Waals surface area contributed by atoms with Gasteiger partial charge in [0.05, 0.1) is 5.75 Å². The van der Waals surface area contributed by atoms with Gasteiger partial charge in [-0.25, -0.2) is 13.2 Å². The van der Waals surface area contributed by atoms with E-state index < -0.39 is 9.84 Å². The van der Waals surface area contributed by atoms with E-state index in [0.717, 1.165) is 18.8 Å². The number of rotatable bonds is 5. The summed E-state index contributed by atoms with van der Waals surface area (Å²) in [7, 11) is -3.05. The van der Waals surface area contributed by atoms with Crippen molar-refractivity contribution in [3.05, 3.63) is 29.3 Å². The fourth-order valence-corrected chi connectivity index (χ4v) is 3.30. The highest BCUT2D eigenvalue weighted by molar-refractivity contribution is 7.91. The molecule has 1 fully saturated rings. The summed E-state index contributed by atoms with van der Waals surface area (Å²) in [5.74, 6) is 0.0822. The number of hydrogen-bond acceptors (Lipinski definition) is 4. The summed E-state index contributed by atoms with van der Waals surface area (Å²) in [6.07, 6.45) is 0. The van der Waals surface area contributed by atoms with Crippen LogP contribution in [0.15, 0.2) is 24.3 Å². The van der Waals surface area contributed by atoms with Crippen molar-refractivity contribution < 1.29 is 13.2 Å². The minimum atomic E-state index is -3.05. The maximum atomic E-state index is 12.0. The largest absolute Gasteiger partial charge is 0.368 e. The Kier molecular flexibility index (Phi) is 6.12. The van der Waals surface area contributed by atoms with Crippen LogP contribution in [0.1, 0.15) is 6.92 Å². The first-order chi connectivity index (χ1) is 10.9. The molecule has 128 valence electrons. The molecule has 1 aliphatic heterocycles. The molecular formula is C15H22ClN3O3S. The number of hydrogen-bond donors (Lipinski definition) is 1. The quantitative estimate of drug-likeness (QED) is 0.867. The van der Waals surface area contributed by atoms with E-state index in [2.05, 4.69) is 10.2 Å². The van der Waals surface area contributed by atoms with Crippen molar-refractivity contribution in [1.29, 1.82) is 0 Å². The third kappa shape index (κ3) is 5.28. The van der Waals surface area contributed by atoms with E-state index in [4.69, 9.17) is 11.6 Å². The van der Waals surface area contributed by atoms with E-state index in [-0.39, 0.29) is 24.1 Å². The lowest BCUT2D eigenvalue weighted by atomic mass is 10.2. The zero-order valence-corrected chi connectivity index (χ0v) is 14.7. The predicted molar refractivity (Wildman–Crippen MR) is 93.0 cm³/mol. The van der Waals surface area contributed by atoms with Gasteiger partial charge in [0.25, 0.3) is 0 Å². The molecule has 1 aromatic rings. The zero-order valence-electron chi connectivity index (χ0n) is 13.2. The van der Waals surface area contributed by atoms with Gasteiger partial charge in [-0.15, -0.1) is 0 Å². The van der Waals surface area contributed by atoms with Gasteiger partial charge in [-0.3, -0.25) is 0 Å². The summed E-state index contributed by atoms with van der Waals surface area (Å²) in [6.45, 7) is 4.40. The molecular weight excluding hydrogens is 338 g/mol. The fraction of sp³-hybridized carbons (Fsp3) is 0.533. The van der Waals surface area contributed by atoms with Gasteiger partial charge in [0.1, 0.15) is 0 Å². The first-order valence-electron chi connectivity index (χ1n) is 7.65. The molecule has 8 heteroatoms. The summed E-state index contributed by atoms with van der Waals surface area (Å²) in [5.41, 5.74) is 1.05. The molecule has 1 aromatic carbocycles. The number of halogens is 1. The Balaban J connectivity index is 1.79. The zero-order chi connectivity index (χ0) is 16.9. The monoisotopic (exact) mass is 359 g/mol. The topological polar surface area (TPSA) is 69.7 Å². The average molecular weight is 360 g/mol. The normalized spacial score (nSPS) is 15.6. The van der Waals surface area contributed by atoms with E-state index in [9.17, 15) is 13.2 Å². The van der Waals surface area contributed by atoms with E-state index in [0.29, 0.717) is 18.1 Å². The van der Waals surface area contributed by atoms with Gasteiger partial charge in [0.2, 0.25) is 0 Å². The first-order valence-corrected chi connectivity index (χ1v) is 9.85. The minimum Gasteiger partial charge on any atom is -0.368 e. The molecule has 2 amide bonds. The van der Waals surface area contributed by atoms with Crippen molar-refractivity contribution >= 4 is 33.2 Å². The molecule has 0 unspecified atom stereocenters. The number of nitrogens with zero attached hydrogens (tertiary/aromatic N) is 2. The minimum absolute atomic E-state index is 0.0162. The molecule has 0 saturated carbocycles. The highest BCUT2D eigenvalue weighted by atomic mass is 35.5. The number of anilines is 1. The molecule has 0 bridgehead atoms. The Bertz CT molecular complexity index is 643. The number of sulfone groups is 1. The molecule has 0 atom stereocenters. The smallest absolute Gasteiger partial charge is 0.317 e. The third-order valence-electron chi connectivity index (χ3n) is 3.87. The van der Waals surface area contributed by atoms with Crippen LogP contribution in [0.25, 0.3) is 0 Å². The van der Waals surface area contributed by atoms with Crippen molar-refractivity contribution in [2.24, 2.45) is 0 Å². The van der Waals surface area contributed by atoms with Crippen LogP contribution in [0, 0.1) is 0 Å². The van der Waals surface area contributed by atoms with Gasteiger partial charge < -0.3 is 15.1 Å². The Morgan fingerprint density at radius 2 is 1.96 bits per heavy atom. The van der Waals surface area contributed by atoms with E-state index in [1.54, 1.807) is 11.8 Å². The fourth-order valence-electron chi connectivity index (χ4n) is 2.41. The Morgan fingerprint density at radius 1 is 1.26 bits per heavy atom. The van der Waals surface area contributed by atoms with Crippen molar-refractivity contribution in [2.75, 3.05) is 49.1 Å². The molecule has 1 heterocycles. The molecule has 0 aromatic heterocycles. The number of carbonyl (C=O) groups is 1. The Labute approximate surface area is 142 Å². The summed E-state index contributed by atoms with van der Waals surface area (Å²) in [6, 6.07) is 7.44. The summed E-state index contributed by atoms with van der Waals surface area (Å²) < 4.78 is 22.8. The molecule has 1 aliphatic rings. The van der Waals surface area contributed by atoms with E-state index in [1.807, 2.05) is 24.3 Å². The summed E-state index contributed by atoms with van der Waals surface area (Å²) in [4.78, 5) is 15.9. The molecule has 2 rings (SSSR count). The van der Waals surface area contributed by atoms with Crippen molar-refractivity contribution in [3.63, 3.8) is 0 Å². The standard InChI is InChI=1S/C15H22ClN3O3S/c1-2-23(21,22)11-6-17-15(20)19-9-7-18(8-10-19)14-5-3-4-13(16)12-14/h3-5,12H,2,6-11H2,1H3,(H,17,20). The molecule has 0 aliphatic carbocycles. The number of amides is 2. The molecule has 0 spiro atoms. The highest BCUT2D eigenvalue weighted by Gasteiger charge is 2.21. The van der Waals surface area contributed by atoms with Crippen LogP contribution in [0.5, 0.6) is 0 Å². The lowest BCUT2D eigenvalue weighted by Crippen LogP contribution is -2.52. The van der Waals surface area contributed by atoms with E-state index in [1.165, 1.54) is 0 Å². The maximum Gasteiger partial charge on any atom is 0.317 e. The van der Waals surface area contributed by atoms with Gasteiger partial charge in [0.15, 0.2) is 9.84 Å². The van der Waals surface area contributed by atoms with Gasteiger partial charge >= 0.3 is 6.03 Å². The lowest BCUT2D eigenvalue weighted by Gasteiger charge is -2.36. The van der Waals surface area contributed by atoms with Crippen LogP contribution in [0.3, 0.4) is 0 Å². The highest BCUT2D eigenvalue weighted by Crippen LogP contribution is 2.20. The second kappa shape index (κ2) is 7.88. The van der Waals surface area contributed by atoms with Crippen LogP contribution in [-0.2, 0) is 9.84 Å². The molecule has 1 saturated heterocycles. The second-order valence-corrected chi connectivity index (χ2v) is 8.33. The van der Waals surface area contributed by atoms with Gasteiger partial charge in [-0.05, 0) is 18.2 Å². The van der Waals surface area contributed by atoms with Gasteiger partial charge in [-0.2, -0.15) is 0 Å². The molecule has 23 heavy (non-hydrogen) atoms. The van der Waals surface area contributed by atoms with Gasteiger partial charge in [-0.1, -0.05) is 24.6 Å². The Hall–Kier alpha value is -1.47. The maximum absolute atomic E-state index is 12.0. The molecule has 0 radical (unpaired) electrons. The van der Waals surface area contributed by atoms with Gasteiger partial charge in [0, 0.05) is 49.2 Å². The first kappa shape index (κ1) is 17.9. The van der Waals surface area contributed by atoms with Crippen LogP contribution in [0.4, 0.5) is 10.5 Å². The van der Waals surface area contributed by atoms with Crippen LogP contribution >= 0.6 is 11.6 Å². The number of carbonyl (C=O) groups excluding carboxylic acids is 1. The number of piperazine rings is 1. The Morgan fingerprint density at radius 3 is 2.57 bits per heavy atom. The van der Waals surface area contributed by atoms with Crippen molar-refractivity contribution in [3.8, 4) is 0 Å². The number of urea groups is 1.